The van der Waals surface area contributed by atoms with E-state index in [-0.39, 0.29) is 11.9 Å². The fourth-order valence-corrected chi connectivity index (χ4v) is 2.43. The monoisotopic (exact) mass is 275 g/mol. The van der Waals surface area contributed by atoms with Crippen LogP contribution in [0.1, 0.15) is 28.3 Å². The van der Waals surface area contributed by atoms with Crippen molar-refractivity contribution in [3.63, 3.8) is 0 Å². The normalized spacial score (nSPS) is 11.9. The first kappa shape index (κ1) is 13.5. The number of nitrogens with one attached hydrogen (secondary N) is 1. The highest BCUT2D eigenvalue weighted by atomic mass is 32.1. The molecule has 1 amide bonds. The number of para-hydroxylation sites is 1. The lowest BCUT2D eigenvalue weighted by atomic mass is 10.1. The Kier molecular flexibility index (Phi) is 4.16. The Balaban J connectivity index is 2.23. The molecule has 0 saturated heterocycles. The molecule has 19 heavy (non-hydrogen) atoms. The fraction of sp³-hybridized carbons (Fsp3) is 0.286. The molecule has 5 heteroatoms. The summed E-state index contributed by atoms with van der Waals surface area (Å²) < 4.78 is 0. The van der Waals surface area contributed by atoms with Gasteiger partial charge < -0.3 is 10.2 Å². The molecule has 1 aromatic carbocycles. The number of rotatable bonds is 4. The average Bonchev–Trinajstić information content (AvgIpc) is 2.92. The quantitative estimate of drug-likeness (QED) is 0.933. The standard InChI is InChI=1S/C14H17N3OS/c1-10(13-15-8-9-19-13)16-12-7-5-4-6-11(12)14(18)17(2)3/h4-10,16H,1-3H3. The summed E-state index contributed by atoms with van der Waals surface area (Å²) in [5, 5.41) is 6.30. The second-order valence-electron chi connectivity index (χ2n) is 4.48. The van der Waals surface area contributed by atoms with Crippen molar-refractivity contribution in [2.45, 2.75) is 13.0 Å². The van der Waals surface area contributed by atoms with Gasteiger partial charge >= 0.3 is 0 Å². The van der Waals surface area contributed by atoms with Gasteiger partial charge in [0.2, 0.25) is 0 Å². The van der Waals surface area contributed by atoms with E-state index in [0.717, 1.165) is 10.7 Å². The maximum Gasteiger partial charge on any atom is 0.255 e. The second kappa shape index (κ2) is 5.84. The van der Waals surface area contributed by atoms with Crippen molar-refractivity contribution in [2.24, 2.45) is 0 Å². The number of benzene rings is 1. The Morgan fingerprint density at radius 2 is 2.11 bits per heavy atom. The van der Waals surface area contributed by atoms with Crippen molar-refractivity contribution < 1.29 is 4.79 Å². The van der Waals surface area contributed by atoms with Crippen LogP contribution >= 0.6 is 11.3 Å². The first-order valence-corrected chi connectivity index (χ1v) is 6.94. The van der Waals surface area contributed by atoms with Gasteiger partial charge in [-0.15, -0.1) is 11.3 Å². The largest absolute Gasteiger partial charge is 0.375 e. The Hall–Kier alpha value is -1.88. The van der Waals surface area contributed by atoms with Gasteiger partial charge in [-0.2, -0.15) is 0 Å². The van der Waals surface area contributed by atoms with Crippen LogP contribution in [-0.2, 0) is 0 Å². The summed E-state index contributed by atoms with van der Waals surface area (Å²) in [4.78, 5) is 18.0. The molecule has 0 saturated carbocycles. The zero-order valence-electron chi connectivity index (χ0n) is 11.3. The zero-order valence-corrected chi connectivity index (χ0v) is 12.1. The van der Waals surface area contributed by atoms with Crippen molar-refractivity contribution in [3.8, 4) is 0 Å². The van der Waals surface area contributed by atoms with E-state index in [1.807, 2.05) is 36.6 Å². The zero-order chi connectivity index (χ0) is 13.8. The van der Waals surface area contributed by atoms with Gasteiger partial charge in [0.1, 0.15) is 5.01 Å². The van der Waals surface area contributed by atoms with E-state index < -0.39 is 0 Å². The maximum atomic E-state index is 12.1. The van der Waals surface area contributed by atoms with Crippen LogP contribution in [0.15, 0.2) is 35.8 Å². The summed E-state index contributed by atoms with van der Waals surface area (Å²) in [5.74, 6) is -0.00515. The highest BCUT2D eigenvalue weighted by Gasteiger charge is 2.15. The summed E-state index contributed by atoms with van der Waals surface area (Å²) in [6.07, 6.45) is 1.79. The third kappa shape index (κ3) is 3.12. The van der Waals surface area contributed by atoms with Crippen molar-refractivity contribution >= 4 is 22.9 Å². The summed E-state index contributed by atoms with van der Waals surface area (Å²) in [7, 11) is 3.51. The lowest BCUT2D eigenvalue weighted by molar-refractivity contribution is 0.0828. The van der Waals surface area contributed by atoms with Crippen molar-refractivity contribution in [1.29, 1.82) is 0 Å². The van der Waals surface area contributed by atoms with Crippen LogP contribution in [0, 0.1) is 0 Å². The predicted molar refractivity (Wildman–Crippen MR) is 78.6 cm³/mol. The molecule has 0 bridgehead atoms. The lowest BCUT2D eigenvalue weighted by Crippen LogP contribution is -2.23. The molecule has 0 aliphatic rings. The number of aromatic nitrogens is 1. The Labute approximate surface area is 117 Å². The minimum absolute atomic E-state index is 0.00515. The molecule has 0 spiro atoms. The molecule has 0 aliphatic heterocycles. The maximum absolute atomic E-state index is 12.1. The predicted octanol–water partition coefficient (Wildman–Crippen LogP) is 3.02. The van der Waals surface area contributed by atoms with Crippen LogP contribution in [0.3, 0.4) is 0 Å². The van der Waals surface area contributed by atoms with Gasteiger partial charge in [0.25, 0.3) is 5.91 Å². The van der Waals surface area contributed by atoms with E-state index in [1.165, 1.54) is 0 Å². The molecule has 2 rings (SSSR count). The van der Waals surface area contributed by atoms with E-state index in [2.05, 4.69) is 10.3 Å². The molecule has 4 nitrogen and oxygen atoms in total. The molecule has 1 unspecified atom stereocenters. The van der Waals surface area contributed by atoms with Gasteiger partial charge in [-0.1, -0.05) is 12.1 Å². The Morgan fingerprint density at radius 3 is 2.74 bits per heavy atom. The first-order valence-electron chi connectivity index (χ1n) is 6.06. The van der Waals surface area contributed by atoms with Gasteiger partial charge in [-0.3, -0.25) is 4.79 Å². The summed E-state index contributed by atoms with van der Waals surface area (Å²) in [6.45, 7) is 2.04. The molecule has 0 fully saturated rings. The highest BCUT2D eigenvalue weighted by Crippen LogP contribution is 2.24. The smallest absolute Gasteiger partial charge is 0.255 e. The number of nitrogens with zero attached hydrogens (tertiary/aromatic N) is 2. The summed E-state index contributed by atoms with van der Waals surface area (Å²) >= 11 is 1.60. The average molecular weight is 275 g/mol. The minimum atomic E-state index is -0.00515. The van der Waals surface area contributed by atoms with Crippen LogP contribution < -0.4 is 5.32 Å². The Bertz CT molecular complexity index is 552. The molecule has 1 heterocycles. The van der Waals surface area contributed by atoms with Crippen LogP contribution in [-0.4, -0.2) is 29.9 Å². The second-order valence-corrected chi connectivity index (χ2v) is 5.41. The van der Waals surface area contributed by atoms with Crippen molar-refractivity contribution in [1.82, 2.24) is 9.88 Å². The van der Waals surface area contributed by atoms with Crippen molar-refractivity contribution in [2.75, 3.05) is 19.4 Å². The number of amides is 1. The third-order valence-corrected chi connectivity index (χ3v) is 3.72. The van der Waals surface area contributed by atoms with E-state index in [0.29, 0.717) is 5.56 Å². The van der Waals surface area contributed by atoms with Crippen LogP contribution in [0.2, 0.25) is 0 Å². The van der Waals surface area contributed by atoms with E-state index in [4.69, 9.17) is 0 Å². The molecule has 0 radical (unpaired) electrons. The molecular weight excluding hydrogens is 258 g/mol. The van der Waals surface area contributed by atoms with Gasteiger partial charge in [0.15, 0.2) is 0 Å². The third-order valence-electron chi connectivity index (χ3n) is 2.76. The molecule has 2 aromatic rings. The van der Waals surface area contributed by atoms with E-state index in [1.54, 1.807) is 36.5 Å². The van der Waals surface area contributed by atoms with Gasteiger partial charge in [0, 0.05) is 31.4 Å². The molecule has 100 valence electrons. The summed E-state index contributed by atoms with van der Waals surface area (Å²) in [5.41, 5.74) is 1.51. The highest BCUT2D eigenvalue weighted by molar-refractivity contribution is 7.09. The number of anilines is 1. The first-order chi connectivity index (χ1) is 9.09. The van der Waals surface area contributed by atoms with Crippen LogP contribution in [0.4, 0.5) is 5.69 Å². The van der Waals surface area contributed by atoms with Crippen LogP contribution in [0.25, 0.3) is 0 Å². The van der Waals surface area contributed by atoms with Gasteiger partial charge in [-0.05, 0) is 19.1 Å². The Morgan fingerprint density at radius 1 is 1.37 bits per heavy atom. The topological polar surface area (TPSA) is 45.2 Å². The summed E-state index contributed by atoms with van der Waals surface area (Å²) in [6, 6.07) is 7.62. The van der Waals surface area contributed by atoms with Crippen molar-refractivity contribution in [3.05, 3.63) is 46.4 Å². The number of carbonyl (C=O) groups excluding carboxylic acids is 1. The fourth-order valence-electron chi connectivity index (χ4n) is 1.78. The van der Waals surface area contributed by atoms with Gasteiger partial charge in [0.05, 0.1) is 11.6 Å². The van der Waals surface area contributed by atoms with Crippen LogP contribution in [0.5, 0.6) is 0 Å². The number of carbonyl (C=O) groups is 1. The molecule has 0 aliphatic carbocycles. The molecular formula is C14H17N3OS. The molecule has 1 aromatic heterocycles. The number of hydrogen-bond donors (Lipinski definition) is 1. The van der Waals surface area contributed by atoms with E-state index in [9.17, 15) is 4.79 Å². The molecule has 1 atom stereocenters. The lowest BCUT2D eigenvalue weighted by Gasteiger charge is -2.18. The number of thiazole rings is 1. The minimum Gasteiger partial charge on any atom is -0.375 e. The van der Waals surface area contributed by atoms with Gasteiger partial charge in [-0.25, -0.2) is 4.98 Å². The SMILES string of the molecule is CC(Nc1ccccc1C(=O)N(C)C)c1nccs1. The number of hydrogen-bond acceptors (Lipinski definition) is 4. The molecule has 1 N–H and O–H groups in total. The van der Waals surface area contributed by atoms with E-state index >= 15 is 0 Å².